The average molecular weight is 347 g/mol. The summed E-state index contributed by atoms with van der Waals surface area (Å²) in [4.78, 5) is 12.2. The molecule has 2 aromatic rings. The molecule has 9 heteroatoms. The summed E-state index contributed by atoms with van der Waals surface area (Å²) < 4.78 is 1.66. The van der Waals surface area contributed by atoms with Crippen LogP contribution in [0, 0.1) is 0 Å². The molecular weight excluding hydrogens is 337 g/mol. The maximum absolute atomic E-state index is 12.2. The van der Waals surface area contributed by atoms with E-state index in [1.807, 2.05) is 0 Å². The second-order valence-electron chi connectivity index (χ2n) is 4.59. The molecule has 0 saturated carbocycles. The number of nitrogens with zero attached hydrogens (tertiary/aromatic N) is 3. The molecule has 6 nitrogen and oxygen atoms in total. The van der Waals surface area contributed by atoms with E-state index in [1.165, 1.54) is 12.1 Å². The van der Waals surface area contributed by atoms with E-state index in [-0.39, 0.29) is 21.8 Å². The molecule has 0 atom stereocenters. The fourth-order valence-corrected chi connectivity index (χ4v) is 2.77. The Kier molecular flexibility index (Phi) is 4.03. The zero-order chi connectivity index (χ0) is 15.0. The number of hydrogen-bond donors (Lipinski definition) is 2. The molecule has 2 N–H and O–H groups in total. The van der Waals surface area contributed by atoms with Crippen LogP contribution in [0.2, 0.25) is 15.1 Å². The molecule has 21 heavy (non-hydrogen) atoms. The number of halogens is 3. The number of carbonyl (C=O) groups is 1. The molecule has 1 aromatic carbocycles. The van der Waals surface area contributed by atoms with Gasteiger partial charge in [0.2, 0.25) is 0 Å². The fourth-order valence-electron chi connectivity index (χ4n) is 1.86. The lowest BCUT2D eigenvalue weighted by atomic mass is 10.2. The van der Waals surface area contributed by atoms with E-state index in [1.54, 1.807) is 10.9 Å². The molecule has 0 radical (unpaired) electrons. The average Bonchev–Trinajstić information content (AvgIpc) is 2.80. The van der Waals surface area contributed by atoms with Gasteiger partial charge in [0.1, 0.15) is 0 Å². The van der Waals surface area contributed by atoms with Crippen LogP contribution in [0.5, 0.6) is 0 Å². The first-order valence-electron chi connectivity index (χ1n) is 6.13. The number of hydrogen-bond acceptors (Lipinski definition) is 4. The van der Waals surface area contributed by atoms with Crippen LogP contribution in [-0.2, 0) is 0 Å². The number of nitrogens with one attached hydrogen (secondary N) is 2. The minimum Gasteiger partial charge on any atom is -0.318 e. The van der Waals surface area contributed by atoms with Crippen LogP contribution in [0.1, 0.15) is 16.5 Å². The van der Waals surface area contributed by atoms with Crippen LogP contribution in [0.3, 0.4) is 0 Å². The molecule has 0 aliphatic carbocycles. The van der Waals surface area contributed by atoms with Crippen molar-refractivity contribution in [3.05, 3.63) is 39.1 Å². The third kappa shape index (κ3) is 2.98. The Labute approximate surface area is 135 Å². The van der Waals surface area contributed by atoms with Crippen LogP contribution >= 0.6 is 34.8 Å². The molecule has 3 rings (SSSR count). The Morgan fingerprint density at radius 2 is 1.95 bits per heavy atom. The predicted molar refractivity (Wildman–Crippen MR) is 81.4 cm³/mol. The standard InChI is InChI=1S/C12H10Cl3N5O/c13-6-1-8(14)11(9(15)2-6)17-12(21)10-5-20(19-18-10)7-3-16-4-7/h1-2,5,7,16H,3-4H2,(H,17,21). The molecule has 1 aliphatic rings. The van der Waals surface area contributed by atoms with Crippen molar-refractivity contribution in [3.63, 3.8) is 0 Å². The summed E-state index contributed by atoms with van der Waals surface area (Å²) >= 11 is 17.9. The highest BCUT2D eigenvalue weighted by atomic mass is 35.5. The monoisotopic (exact) mass is 345 g/mol. The van der Waals surface area contributed by atoms with Crippen molar-refractivity contribution < 1.29 is 4.79 Å². The zero-order valence-corrected chi connectivity index (χ0v) is 12.9. The van der Waals surface area contributed by atoms with Gasteiger partial charge < -0.3 is 10.6 Å². The van der Waals surface area contributed by atoms with Gasteiger partial charge in [0, 0.05) is 18.1 Å². The number of aromatic nitrogens is 3. The van der Waals surface area contributed by atoms with Crippen molar-refractivity contribution >= 4 is 46.4 Å². The van der Waals surface area contributed by atoms with Crippen LogP contribution in [0.15, 0.2) is 18.3 Å². The van der Waals surface area contributed by atoms with Gasteiger partial charge in [-0.3, -0.25) is 4.79 Å². The van der Waals surface area contributed by atoms with E-state index < -0.39 is 5.91 Å². The van der Waals surface area contributed by atoms with Crippen molar-refractivity contribution in [2.45, 2.75) is 6.04 Å². The third-order valence-electron chi connectivity index (χ3n) is 3.12. The first kappa shape index (κ1) is 14.6. The van der Waals surface area contributed by atoms with Crippen molar-refractivity contribution in [2.75, 3.05) is 18.4 Å². The number of anilines is 1. The van der Waals surface area contributed by atoms with E-state index in [2.05, 4.69) is 20.9 Å². The molecule has 0 unspecified atom stereocenters. The lowest BCUT2D eigenvalue weighted by Gasteiger charge is -2.26. The van der Waals surface area contributed by atoms with Crippen LogP contribution in [-0.4, -0.2) is 34.0 Å². The van der Waals surface area contributed by atoms with E-state index >= 15 is 0 Å². The Morgan fingerprint density at radius 1 is 1.29 bits per heavy atom. The smallest absolute Gasteiger partial charge is 0.277 e. The van der Waals surface area contributed by atoms with Gasteiger partial charge in [-0.2, -0.15) is 0 Å². The minimum atomic E-state index is -0.431. The summed E-state index contributed by atoms with van der Waals surface area (Å²) in [6.45, 7) is 1.64. The summed E-state index contributed by atoms with van der Waals surface area (Å²) in [6, 6.07) is 3.24. The van der Waals surface area contributed by atoms with E-state index in [0.717, 1.165) is 13.1 Å². The lowest BCUT2D eigenvalue weighted by Crippen LogP contribution is -2.43. The molecule has 1 aliphatic heterocycles. The summed E-state index contributed by atoms with van der Waals surface area (Å²) in [5, 5.41) is 14.4. The van der Waals surface area contributed by atoms with Crippen molar-refractivity contribution in [1.29, 1.82) is 0 Å². The van der Waals surface area contributed by atoms with Gasteiger partial charge in [0.25, 0.3) is 5.91 Å². The molecule has 0 spiro atoms. The third-order valence-corrected chi connectivity index (χ3v) is 3.94. The van der Waals surface area contributed by atoms with Gasteiger partial charge in [0.15, 0.2) is 5.69 Å². The Hall–Kier alpha value is -1.34. The molecule has 1 amide bonds. The zero-order valence-electron chi connectivity index (χ0n) is 10.6. The van der Waals surface area contributed by atoms with Crippen molar-refractivity contribution in [1.82, 2.24) is 20.3 Å². The molecule has 0 bridgehead atoms. The summed E-state index contributed by atoms with van der Waals surface area (Å²) in [5.74, 6) is -0.431. The van der Waals surface area contributed by atoms with Crippen LogP contribution < -0.4 is 10.6 Å². The maximum Gasteiger partial charge on any atom is 0.277 e. The van der Waals surface area contributed by atoms with Crippen LogP contribution in [0.4, 0.5) is 5.69 Å². The number of carbonyl (C=O) groups excluding carboxylic acids is 1. The first-order valence-corrected chi connectivity index (χ1v) is 7.26. The van der Waals surface area contributed by atoms with E-state index in [4.69, 9.17) is 34.8 Å². The second-order valence-corrected chi connectivity index (χ2v) is 5.85. The topological polar surface area (TPSA) is 71.8 Å². The molecule has 1 saturated heterocycles. The molecular formula is C12H10Cl3N5O. The van der Waals surface area contributed by atoms with Crippen molar-refractivity contribution in [2.24, 2.45) is 0 Å². The summed E-state index contributed by atoms with van der Waals surface area (Å²) in [6.07, 6.45) is 1.60. The fraction of sp³-hybridized carbons (Fsp3) is 0.250. The highest BCUT2D eigenvalue weighted by Gasteiger charge is 2.22. The highest BCUT2D eigenvalue weighted by molar-refractivity contribution is 6.42. The number of benzene rings is 1. The quantitative estimate of drug-likeness (QED) is 0.896. The van der Waals surface area contributed by atoms with E-state index in [9.17, 15) is 4.79 Å². The predicted octanol–water partition coefficient (Wildman–Crippen LogP) is 2.63. The molecule has 1 fully saturated rings. The molecule has 110 valence electrons. The Balaban J connectivity index is 1.78. The Bertz CT molecular complexity index is 675. The van der Waals surface area contributed by atoms with Gasteiger partial charge in [-0.05, 0) is 12.1 Å². The van der Waals surface area contributed by atoms with Gasteiger partial charge in [-0.1, -0.05) is 40.0 Å². The first-order chi connectivity index (χ1) is 10.0. The summed E-state index contributed by atoms with van der Waals surface area (Å²) in [5.41, 5.74) is 0.497. The van der Waals surface area contributed by atoms with Crippen LogP contribution in [0.25, 0.3) is 0 Å². The SMILES string of the molecule is O=C(Nc1c(Cl)cc(Cl)cc1Cl)c1cn(C2CNC2)nn1. The number of amides is 1. The lowest BCUT2D eigenvalue weighted by molar-refractivity contribution is 0.102. The van der Waals surface area contributed by atoms with Gasteiger partial charge in [-0.15, -0.1) is 5.10 Å². The second kappa shape index (κ2) is 5.81. The van der Waals surface area contributed by atoms with E-state index in [0.29, 0.717) is 10.7 Å². The Morgan fingerprint density at radius 3 is 2.52 bits per heavy atom. The minimum absolute atomic E-state index is 0.198. The largest absolute Gasteiger partial charge is 0.318 e. The highest BCUT2D eigenvalue weighted by Crippen LogP contribution is 2.33. The van der Waals surface area contributed by atoms with Crippen molar-refractivity contribution in [3.8, 4) is 0 Å². The molecule has 1 aromatic heterocycles. The normalized spacial score (nSPS) is 14.8. The number of rotatable bonds is 3. The van der Waals surface area contributed by atoms with Gasteiger partial charge >= 0.3 is 0 Å². The van der Waals surface area contributed by atoms with Gasteiger partial charge in [-0.25, -0.2) is 4.68 Å². The molecule has 2 heterocycles. The maximum atomic E-state index is 12.2. The van der Waals surface area contributed by atoms with Gasteiger partial charge in [0.05, 0.1) is 28.0 Å². The summed E-state index contributed by atoms with van der Waals surface area (Å²) in [7, 11) is 0.